The van der Waals surface area contributed by atoms with Crippen LogP contribution in [-0.4, -0.2) is 29.5 Å². The highest BCUT2D eigenvalue weighted by Gasteiger charge is 2.30. The normalized spacial score (nSPS) is 22.3. The summed E-state index contributed by atoms with van der Waals surface area (Å²) in [5.41, 5.74) is 6.94. The van der Waals surface area contributed by atoms with E-state index in [2.05, 4.69) is 16.9 Å². The monoisotopic (exact) mass is 305 g/mol. The van der Waals surface area contributed by atoms with E-state index >= 15 is 0 Å². The molecule has 3 rings (SSSR count). The van der Waals surface area contributed by atoms with Crippen LogP contribution in [0.1, 0.15) is 30.7 Å². The highest BCUT2D eigenvalue weighted by atomic mass is 32.1. The summed E-state index contributed by atoms with van der Waals surface area (Å²) in [4.78, 5) is 8.17. The minimum Gasteiger partial charge on any atom is -0.440 e. The summed E-state index contributed by atoms with van der Waals surface area (Å²) in [6.45, 7) is 3.62. The fourth-order valence-electron chi connectivity index (χ4n) is 3.31. The van der Waals surface area contributed by atoms with Crippen LogP contribution in [0.2, 0.25) is 0 Å². The van der Waals surface area contributed by atoms with Crippen molar-refractivity contribution >= 4 is 11.3 Å². The molecule has 1 saturated carbocycles. The standard InChI is InChI=1S/C16H23N3OS/c1-11-13(18-16(20-11)15-7-4-8-21-15)10-19(2)14-6-3-5-12(14)9-17/h4,7-8,12,14H,3,5-6,9-10,17H2,1-2H3. The number of hydrogen-bond acceptors (Lipinski definition) is 5. The van der Waals surface area contributed by atoms with Gasteiger partial charge in [-0.2, -0.15) is 0 Å². The Balaban J connectivity index is 1.73. The molecule has 2 aromatic heterocycles. The summed E-state index contributed by atoms with van der Waals surface area (Å²) in [6, 6.07) is 4.65. The van der Waals surface area contributed by atoms with Gasteiger partial charge in [-0.3, -0.25) is 4.90 Å². The molecule has 2 N–H and O–H groups in total. The maximum absolute atomic E-state index is 5.89. The van der Waals surface area contributed by atoms with Crippen molar-refractivity contribution in [1.29, 1.82) is 0 Å². The van der Waals surface area contributed by atoms with Crippen LogP contribution in [0.3, 0.4) is 0 Å². The maximum Gasteiger partial charge on any atom is 0.236 e. The van der Waals surface area contributed by atoms with E-state index in [0.29, 0.717) is 12.0 Å². The molecular weight excluding hydrogens is 282 g/mol. The lowest BCUT2D eigenvalue weighted by Gasteiger charge is -2.28. The van der Waals surface area contributed by atoms with Gasteiger partial charge in [0.15, 0.2) is 0 Å². The minimum absolute atomic E-state index is 0.580. The van der Waals surface area contributed by atoms with Gasteiger partial charge in [-0.15, -0.1) is 11.3 Å². The Hall–Kier alpha value is -1.17. The Kier molecular flexibility index (Phi) is 4.42. The molecule has 1 aliphatic carbocycles. The van der Waals surface area contributed by atoms with Gasteiger partial charge >= 0.3 is 0 Å². The first-order valence-electron chi connectivity index (χ1n) is 7.59. The highest BCUT2D eigenvalue weighted by Crippen LogP contribution is 2.31. The van der Waals surface area contributed by atoms with Crippen molar-refractivity contribution in [1.82, 2.24) is 9.88 Å². The number of nitrogens with two attached hydrogens (primary N) is 1. The molecular formula is C16H23N3OS. The number of thiophene rings is 1. The number of nitrogens with zero attached hydrogens (tertiary/aromatic N) is 2. The molecule has 0 saturated heterocycles. The summed E-state index contributed by atoms with van der Waals surface area (Å²) >= 11 is 1.66. The Morgan fingerprint density at radius 2 is 2.33 bits per heavy atom. The van der Waals surface area contributed by atoms with Crippen molar-refractivity contribution in [2.75, 3.05) is 13.6 Å². The average molecular weight is 305 g/mol. The van der Waals surface area contributed by atoms with Gasteiger partial charge < -0.3 is 10.2 Å². The summed E-state index contributed by atoms with van der Waals surface area (Å²) in [5.74, 6) is 2.29. The molecule has 21 heavy (non-hydrogen) atoms. The molecule has 2 aromatic rings. The van der Waals surface area contributed by atoms with Crippen molar-refractivity contribution in [3.63, 3.8) is 0 Å². The zero-order valence-electron chi connectivity index (χ0n) is 12.7. The van der Waals surface area contributed by atoms with Gasteiger partial charge in [-0.05, 0) is 50.7 Å². The molecule has 4 nitrogen and oxygen atoms in total. The molecule has 2 heterocycles. The quantitative estimate of drug-likeness (QED) is 0.921. The average Bonchev–Trinajstić information content (AvgIpc) is 3.18. The predicted octanol–water partition coefficient (Wildman–Crippen LogP) is 3.27. The topological polar surface area (TPSA) is 55.3 Å². The van der Waals surface area contributed by atoms with Gasteiger partial charge in [0.2, 0.25) is 5.89 Å². The third-order valence-electron chi connectivity index (χ3n) is 4.51. The first kappa shape index (κ1) is 14.8. The second-order valence-electron chi connectivity index (χ2n) is 5.91. The van der Waals surface area contributed by atoms with Crippen LogP contribution in [0.15, 0.2) is 21.9 Å². The molecule has 0 bridgehead atoms. The van der Waals surface area contributed by atoms with E-state index in [1.165, 1.54) is 19.3 Å². The molecule has 0 radical (unpaired) electrons. The molecule has 2 unspecified atom stereocenters. The number of aromatic nitrogens is 1. The van der Waals surface area contributed by atoms with Crippen molar-refractivity contribution in [3.8, 4) is 10.8 Å². The van der Waals surface area contributed by atoms with Crippen LogP contribution in [0.5, 0.6) is 0 Å². The maximum atomic E-state index is 5.89. The molecule has 5 heteroatoms. The number of oxazole rings is 1. The van der Waals surface area contributed by atoms with Gasteiger partial charge in [-0.1, -0.05) is 12.5 Å². The van der Waals surface area contributed by atoms with Crippen LogP contribution < -0.4 is 5.73 Å². The van der Waals surface area contributed by atoms with Gasteiger partial charge in [-0.25, -0.2) is 4.98 Å². The molecule has 0 spiro atoms. The Morgan fingerprint density at radius 3 is 3.05 bits per heavy atom. The Morgan fingerprint density at radius 1 is 1.48 bits per heavy atom. The number of hydrogen-bond donors (Lipinski definition) is 1. The van der Waals surface area contributed by atoms with E-state index in [-0.39, 0.29) is 0 Å². The molecule has 0 aliphatic heterocycles. The van der Waals surface area contributed by atoms with Crippen LogP contribution in [0.25, 0.3) is 10.8 Å². The highest BCUT2D eigenvalue weighted by molar-refractivity contribution is 7.13. The molecule has 1 aliphatic rings. The lowest BCUT2D eigenvalue weighted by Crippen LogP contribution is -2.37. The van der Waals surface area contributed by atoms with E-state index in [4.69, 9.17) is 10.2 Å². The SMILES string of the molecule is Cc1oc(-c2cccs2)nc1CN(C)C1CCCC1CN. The third-order valence-corrected chi connectivity index (χ3v) is 5.37. The van der Waals surface area contributed by atoms with Crippen molar-refractivity contribution in [2.24, 2.45) is 11.7 Å². The Bertz CT molecular complexity index is 578. The molecule has 0 aromatic carbocycles. The Labute approximate surface area is 130 Å². The third kappa shape index (κ3) is 3.05. The molecule has 114 valence electrons. The largest absolute Gasteiger partial charge is 0.440 e. The van der Waals surface area contributed by atoms with Crippen LogP contribution in [0, 0.1) is 12.8 Å². The van der Waals surface area contributed by atoms with Crippen LogP contribution in [-0.2, 0) is 6.54 Å². The van der Waals surface area contributed by atoms with Crippen LogP contribution in [0.4, 0.5) is 0 Å². The van der Waals surface area contributed by atoms with E-state index in [9.17, 15) is 0 Å². The lowest BCUT2D eigenvalue weighted by atomic mass is 10.0. The van der Waals surface area contributed by atoms with E-state index in [1.54, 1.807) is 11.3 Å². The van der Waals surface area contributed by atoms with Gasteiger partial charge in [0, 0.05) is 12.6 Å². The fourth-order valence-corrected chi connectivity index (χ4v) is 3.96. The van der Waals surface area contributed by atoms with Gasteiger partial charge in [0.1, 0.15) is 5.76 Å². The minimum atomic E-state index is 0.580. The molecule has 1 fully saturated rings. The van der Waals surface area contributed by atoms with E-state index < -0.39 is 0 Å². The first-order chi connectivity index (χ1) is 10.2. The summed E-state index contributed by atoms with van der Waals surface area (Å²) < 4.78 is 5.82. The summed E-state index contributed by atoms with van der Waals surface area (Å²) in [7, 11) is 2.18. The smallest absolute Gasteiger partial charge is 0.236 e. The number of aryl methyl sites for hydroxylation is 1. The fraction of sp³-hybridized carbons (Fsp3) is 0.562. The van der Waals surface area contributed by atoms with E-state index in [0.717, 1.165) is 35.3 Å². The lowest BCUT2D eigenvalue weighted by molar-refractivity contribution is 0.190. The van der Waals surface area contributed by atoms with E-state index in [1.807, 2.05) is 24.4 Å². The summed E-state index contributed by atoms with van der Waals surface area (Å²) in [5, 5.41) is 2.05. The second-order valence-corrected chi connectivity index (χ2v) is 6.86. The zero-order chi connectivity index (χ0) is 14.8. The van der Waals surface area contributed by atoms with Crippen molar-refractivity contribution < 1.29 is 4.42 Å². The second kappa shape index (κ2) is 6.30. The van der Waals surface area contributed by atoms with Gasteiger partial charge in [0.25, 0.3) is 0 Å². The predicted molar refractivity (Wildman–Crippen MR) is 86.2 cm³/mol. The number of rotatable bonds is 5. The van der Waals surface area contributed by atoms with Crippen LogP contribution >= 0.6 is 11.3 Å². The summed E-state index contributed by atoms with van der Waals surface area (Å²) in [6.07, 6.45) is 3.78. The zero-order valence-corrected chi connectivity index (χ0v) is 13.5. The van der Waals surface area contributed by atoms with Gasteiger partial charge in [0.05, 0.1) is 10.6 Å². The molecule has 0 amide bonds. The van der Waals surface area contributed by atoms with Crippen molar-refractivity contribution in [3.05, 3.63) is 29.0 Å². The first-order valence-corrected chi connectivity index (χ1v) is 8.47. The van der Waals surface area contributed by atoms with Crippen molar-refractivity contribution in [2.45, 2.75) is 38.8 Å². The molecule has 2 atom stereocenters.